The summed E-state index contributed by atoms with van der Waals surface area (Å²) in [5.41, 5.74) is 5.79. The molecule has 78 valence electrons. The minimum absolute atomic E-state index is 0.701. The van der Waals surface area contributed by atoms with Crippen LogP contribution in [-0.2, 0) is 0 Å². The van der Waals surface area contributed by atoms with E-state index in [0.29, 0.717) is 6.04 Å². The number of hydrogen-bond acceptors (Lipinski definition) is 2. The predicted octanol–water partition coefficient (Wildman–Crippen LogP) is 1.85. The van der Waals surface area contributed by atoms with Crippen molar-refractivity contribution in [2.45, 2.75) is 45.6 Å². The van der Waals surface area contributed by atoms with Crippen molar-refractivity contribution in [3.8, 4) is 0 Å². The molecular weight excluding hydrogens is 160 g/mol. The van der Waals surface area contributed by atoms with E-state index in [-0.39, 0.29) is 0 Å². The lowest BCUT2D eigenvalue weighted by molar-refractivity contribution is 0.172. The highest BCUT2D eigenvalue weighted by Crippen LogP contribution is 2.21. The molecule has 0 aliphatic carbocycles. The second kappa shape index (κ2) is 5.61. The van der Waals surface area contributed by atoms with Gasteiger partial charge in [0, 0.05) is 6.04 Å². The molecule has 1 aliphatic heterocycles. The third kappa shape index (κ3) is 2.96. The Balaban J connectivity index is 2.50. The zero-order chi connectivity index (χ0) is 9.68. The summed E-state index contributed by atoms with van der Waals surface area (Å²) in [7, 11) is 0. The first-order valence-electron chi connectivity index (χ1n) is 5.73. The van der Waals surface area contributed by atoms with Crippen LogP contribution in [0.15, 0.2) is 0 Å². The fourth-order valence-electron chi connectivity index (χ4n) is 2.38. The molecule has 1 heterocycles. The van der Waals surface area contributed by atoms with Gasteiger partial charge in [0.05, 0.1) is 0 Å². The molecule has 0 unspecified atom stereocenters. The third-order valence-electron chi connectivity index (χ3n) is 3.34. The van der Waals surface area contributed by atoms with Gasteiger partial charge in [-0.05, 0) is 51.7 Å². The maximum atomic E-state index is 5.79. The fraction of sp³-hybridized carbons (Fsp3) is 1.00. The second-order valence-electron chi connectivity index (χ2n) is 4.27. The van der Waals surface area contributed by atoms with Crippen molar-refractivity contribution in [1.29, 1.82) is 0 Å². The maximum Gasteiger partial charge on any atom is 0.0107 e. The van der Waals surface area contributed by atoms with Crippen LogP contribution in [0.2, 0.25) is 0 Å². The van der Waals surface area contributed by atoms with Crippen LogP contribution in [0.4, 0.5) is 0 Å². The fourth-order valence-corrected chi connectivity index (χ4v) is 2.38. The first-order chi connectivity index (χ1) is 6.29. The molecule has 2 heteroatoms. The van der Waals surface area contributed by atoms with Gasteiger partial charge in [0.15, 0.2) is 0 Å². The Morgan fingerprint density at radius 3 is 2.77 bits per heavy atom. The second-order valence-corrected chi connectivity index (χ2v) is 4.27. The van der Waals surface area contributed by atoms with Crippen molar-refractivity contribution in [3.63, 3.8) is 0 Å². The van der Waals surface area contributed by atoms with E-state index in [1.807, 2.05) is 0 Å². The monoisotopic (exact) mass is 184 g/mol. The molecular formula is C11H24N2. The van der Waals surface area contributed by atoms with Gasteiger partial charge in [-0.15, -0.1) is 0 Å². The van der Waals surface area contributed by atoms with Gasteiger partial charge in [-0.1, -0.05) is 13.3 Å². The average Bonchev–Trinajstić information content (AvgIpc) is 2.30. The van der Waals surface area contributed by atoms with Crippen molar-refractivity contribution < 1.29 is 0 Å². The molecule has 2 nitrogen and oxygen atoms in total. The molecule has 2 atom stereocenters. The number of nitrogens with zero attached hydrogens (tertiary/aromatic N) is 1. The zero-order valence-corrected chi connectivity index (χ0v) is 9.13. The van der Waals surface area contributed by atoms with Gasteiger partial charge in [0.1, 0.15) is 0 Å². The quantitative estimate of drug-likeness (QED) is 0.725. The van der Waals surface area contributed by atoms with E-state index in [4.69, 9.17) is 5.73 Å². The molecule has 13 heavy (non-hydrogen) atoms. The van der Waals surface area contributed by atoms with Crippen molar-refractivity contribution in [1.82, 2.24) is 4.90 Å². The summed E-state index contributed by atoms with van der Waals surface area (Å²) in [5.74, 6) is 0.731. The van der Waals surface area contributed by atoms with Crippen LogP contribution in [0.1, 0.15) is 39.5 Å². The number of likely N-dealkylation sites (tertiary alicyclic amines) is 1. The molecule has 0 aromatic carbocycles. The van der Waals surface area contributed by atoms with Crippen LogP contribution in [0.5, 0.6) is 0 Å². The van der Waals surface area contributed by atoms with Gasteiger partial charge >= 0.3 is 0 Å². The number of hydrogen-bond donors (Lipinski definition) is 1. The van der Waals surface area contributed by atoms with Crippen LogP contribution in [0.3, 0.4) is 0 Å². The number of rotatable bonds is 3. The van der Waals surface area contributed by atoms with Gasteiger partial charge in [-0.3, -0.25) is 0 Å². The van der Waals surface area contributed by atoms with E-state index in [1.54, 1.807) is 0 Å². The molecule has 0 aromatic heterocycles. The Hall–Kier alpha value is -0.0800. The maximum absolute atomic E-state index is 5.79. The lowest BCUT2D eigenvalue weighted by atomic mass is 9.96. The van der Waals surface area contributed by atoms with Crippen LogP contribution >= 0.6 is 0 Å². The van der Waals surface area contributed by atoms with E-state index in [2.05, 4.69) is 18.7 Å². The van der Waals surface area contributed by atoms with Crippen LogP contribution in [0.25, 0.3) is 0 Å². The minimum atomic E-state index is 0.701. The van der Waals surface area contributed by atoms with Gasteiger partial charge in [-0.2, -0.15) is 0 Å². The summed E-state index contributed by atoms with van der Waals surface area (Å²) in [6, 6.07) is 0.701. The van der Waals surface area contributed by atoms with Crippen LogP contribution in [-0.4, -0.2) is 30.6 Å². The van der Waals surface area contributed by atoms with E-state index in [1.165, 1.54) is 38.8 Å². The van der Waals surface area contributed by atoms with Gasteiger partial charge in [-0.25, -0.2) is 0 Å². The summed E-state index contributed by atoms with van der Waals surface area (Å²) in [4.78, 5) is 2.62. The topological polar surface area (TPSA) is 29.3 Å². The molecule has 1 fully saturated rings. The third-order valence-corrected chi connectivity index (χ3v) is 3.34. The van der Waals surface area contributed by atoms with Gasteiger partial charge in [0.25, 0.3) is 0 Å². The Morgan fingerprint density at radius 2 is 2.15 bits per heavy atom. The Labute approximate surface area is 82.5 Å². The highest BCUT2D eigenvalue weighted by molar-refractivity contribution is 4.79. The van der Waals surface area contributed by atoms with Crippen LogP contribution < -0.4 is 5.73 Å². The van der Waals surface area contributed by atoms with E-state index >= 15 is 0 Å². The first kappa shape index (κ1) is 11.0. The van der Waals surface area contributed by atoms with E-state index < -0.39 is 0 Å². The van der Waals surface area contributed by atoms with Crippen molar-refractivity contribution >= 4 is 0 Å². The molecule has 1 rings (SSSR count). The molecule has 0 radical (unpaired) electrons. The zero-order valence-electron chi connectivity index (χ0n) is 9.13. The molecule has 0 saturated carbocycles. The Bertz CT molecular complexity index is 136. The summed E-state index contributed by atoms with van der Waals surface area (Å²) in [5, 5.41) is 0. The summed E-state index contributed by atoms with van der Waals surface area (Å²) in [6.07, 6.45) is 5.33. The molecule has 1 saturated heterocycles. The Morgan fingerprint density at radius 1 is 1.38 bits per heavy atom. The SMILES string of the molecule is CCCN1CCCC[C@H](CN)[C@H]1C. The lowest BCUT2D eigenvalue weighted by Crippen LogP contribution is -2.40. The van der Waals surface area contributed by atoms with E-state index in [9.17, 15) is 0 Å². The number of nitrogens with two attached hydrogens (primary N) is 1. The smallest absolute Gasteiger partial charge is 0.0107 e. The van der Waals surface area contributed by atoms with Gasteiger partial charge in [0.2, 0.25) is 0 Å². The summed E-state index contributed by atoms with van der Waals surface area (Å²) in [6.45, 7) is 8.00. The molecule has 1 aliphatic rings. The van der Waals surface area contributed by atoms with E-state index in [0.717, 1.165) is 12.5 Å². The molecule has 2 N–H and O–H groups in total. The molecule has 0 amide bonds. The van der Waals surface area contributed by atoms with Crippen molar-refractivity contribution in [2.75, 3.05) is 19.6 Å². The largest absolute Gasteiger partial charge is 0.330 e. The van der Waals surface area contributed by atoms with Crippen molar-refractivity contribution in [3.05, 3.63) is 0 Å². The first-order valence-corrected chi connectivity index (χ1v) is 5.73. The molecule has 0 bridgehead atoms. The normalized spacial score (nSPS) is 31.6. The predicted molar refractivity (Wildman–Crippen MR) is 57.7 cm³/mol. The van der Waals surface area contributed by atoms with Crippen molar-refractivity contribution in [2.24, 2.45) is 11.7 Å². The Kier molecular flexibility index (Phi) is 4.74. The minimum Gasteiger partial charge on any atom is -0.330 e. The van der Waals surface area contributed by atoms with Crippen LogP contribution in [0, 0.1) is 5.92 Å². The molecule has 0 aromatic rings. The lowest BCUT2D eigenvalue weighted by Gasteiger charge is -2.31. The average molecular weight is 184 g/mol. The highest BCUT2D eigenvalue weighted by atomic mass is 15.2. The summed E-state index contributed by atoms with van der Waals surface area (Å²) >= 11 is 0. The standard InChI is InChI=1S/C11H24N2/c1-3-7-13-8-5-4-6-11(9-12)10(13)2/h10-11H,3-9,12H2,1-2H3/t10-,11-/m1/s1. The highest BCUT2D eigenvalue weighted by Gasteiger charge is 2.23. The molecule has 0 spiro atoms. The summed E-state index contributed by atoms with van der Waals surface area (Å²) < 4.78 is 0. The van der Waals surface area contributed by atoms with Gasteiger partial charge < -0.3 is 10.6 Å².